The molecule has 0 bridgehead atoms. The summed E-state index contributed by atoms with van der Waals surface area (Å²) < 4.78 is 0. The standard InChI is InChI=1S/C13H20ClNO/c1-13(2,10-16)15(3)9-8-11-4-6-12(14)7-5-11/h4-7,16H,8-10H2,1-3H3. The number of halogens is 1. The van der Waals surface area contributed by atoms with E-state index < -0.39 is 0 Å². The number of hydrogen-bond acceptors (Lipinski definition) is 2. The van der Waals surface area contributed by atoms with E-state index in [0.717, 1.165) is 18.0 Å². The van der Waals surface area contributed by atoms with Gasteiger partial charge in [0.15, 0.2) is 0 Å². The molecule has 0 unspecified atom stereocenters. The number of hydrogen-bond donors (Lipinski definition) is 1. The van der Waals surface area contributed by atoms with Crippen molar-refractivity contribution in [3.63, 3.8) is 0 Å². The fraction of sp³-hybridized carbons (Fsp3) is 0.538. The molecule has 0 amide bonds. The molecule has 16 heavy (non-hydrogen) atoms. The van der Waals surface area contributed by atoms with Gasteiger partial charge in [-0.2, -0.15) is 0 Å². The van der Waals surface area contributed by atoms with Crippen LogP contribution in [0.2, 0.25) is 5.02 Å². The lowest BCUT2D eigenvalue weighted by Gasteiger charge is -2.33. The van der Waals surface area contributed by atoms with E-state index in [9.17, 15) is 5.11 Å². The number of aliphatic hydroxyl groups is 1. The van der Waals surface area contributed by atoms with Gasteiger partial charge in [-0.05, 0) is 45.0 Å². The first kappa shape index (κ1) is 13.5. The lowest BCUT2D eigenvalue weighted by Crippen LogP contribution is -2.45. The van der Waals surface area contributed by atoms with Crippen LogP contribution in [0.1, 0.15) is 19.4 Å². The third-order valence-corrected chi connectivity index (χ3v) is 3.32. The van der Waals surface area contributed by atoms with E-state index in [1.165, 1.54) is 5.56 Å². The molecular weight excluding hydrogens is 222 g/mol. The average molecular weight is 242 g/mol. The van der Waals surface area contributed by atoms with Gasteiger partial charge in [0.2, 0.25) is 0 Å². The van der Waals surface area contributed by atoms with E-state index >= 15 is 0 Å². The molecule has 0 atom stereocenters. The first-order valence-electron chi connectivity index (χ1n) is 5.52. The number of aliphatic hydroxyl groups excluding tert-OH is 1. The van der Waals surface area contributed by atoms with Crippen LogP contribution in [-0.2, 0) is 6.42 Å². The van der Waals surface area contributed by atoms with Gasteiger partial charge >= 0.3 is 0 Å². The van der Waals surface area contributed by atoms with Gasteiger partial charge in [0.1, 0.15) is 0 Å². The third-order valence-electron chi connectivity index (χ3n) is 3.07. The molecule has 1 aromatic rings. The van der Waals surface area contributed by atoms with Gasteiger partial charge in [0, 0.05) is 17.1 Å². The molecule has 0 saturated carbocycles. The Hall–Kier alpha value is -0.570. The summed E-state index contributed by atoms with van der Waals surface area (Å²) in [6.07, 6.45) is 0.969. The highest BCUT2D eigenvalue weighted by Crippen LogP contribution is 2.14. The molecule has 0 aliphatic carbocycles. The van der Waals surface area contributed by atoms with Crippen LogP contribution in [0.4, 0.5) is 0 Å². The zero-order chi connectivity index (χ0) is 12.2. The topological polar surface area (TPSA) is 23.5 Å². The van der Waals surface area contributed by atoms with Gasteiger partial charge in [-0.25, -0.2) is 0 Å². The fourth-order valence-electron chi connectivity index (χ4n) is 1.37. The Kier molecular flexibility index (Phi) is 4.78. The molecule has 2 nitrogen and oxygen atoms in total. The lowest BCUT2D eigenvalue weighted by atomic mass is 10.0. The van der Waals surface area contributed by atoms with Gasteiger partial charge in [-0.1, -0.05) is 23.7 Å². The van der Waals surface area contributed by atoms with E-state index in [1.807, 2.05) is 45.2 Å². The summed E-state index contributed by atoms with van der Waals surface area (Å²) in [5, 5.41) is 10.0. The summed E-state index contributed by atoms with van der Waals surface area (Å²) >= 11 is 5.83. The molecule has 1 N–H and O–H groups in total. The van der Waals surface area contributed by atoms with E-state index in [4.69, 9.17) is 11.6 Å². The molecule has 3 heteroatoms. The van der Waals surface area contributed by atoms with Crippen LogP contribution in [0.5, 0.6) is 0 Å². The predicted octanol–water partition coefficient (Wildman–Crippen LogP) is 2.59. The zero-order valence-corrected chi connectivity index (χ0v) is 11.0. The smallest absolute Gasteiger partial charge is 0.0609 e. The molecule has 1 rings (SSSR count). The predicted molar refractivity (Wildman–Crippen MR) is 69.0 cm³/mol. The van der Waals surface area contributed by atoms with Crippen molar-refractivity contribution in [1.82, 2.24) is 4.90 Å². The van der Waals surface area contributed by atoms with E-state index in [1.54, 1.807) is 0 Å². The van der Waals surface area contributed by atoms with Crippen molar-refractivity contribution in [2.75, 3.05) is 20.2 Å². The largest absolute Gasteiger partial charge is 0.394 e. The highest BCUT2D eigenvalue weighted by atomic mass is 35.5. The van der Waals surface area contributed by atoms with E-state index in [2.05, 4.69) is 4.90 Å². The normalized spacial score (nSPS) is 12.1. The van der Waals surface area contributed by atoms with Gasteiger partial charge in [0.05, 0.1) is 6.61 Å². The molecule has 0 aliphatic rings. The second kappa shape index (κ2) is 5.67. The van der Waals surface area contributed by atoms with E-state index in [0.29, 0.717) is 0 Å². The van der Waals surface area contributed by atoms with E-state index in [-0.39, 0.29) is 12.1 Å². The number of likely N-dealkylation sites (N-methyl/N-ethyl adjacent to an activating group) is 1. The minimum absolute atomic E-state index is 0.160. The van der Waals surface area contributed by atoms with Crippen LogP contribution in [0.3, 0.4) is 0 Å². The summed E-state index contributed by atoms with van der Waals surface area (Å²) in [7, 11) is 2.03. The first-order valence-corrected chi connectivity index (χ1v) is 5.90. The number of nitrogens with zero attached hydrogens (tertiary/aromatic N) is 1. The maximum absolute atomic E-state index is 9.24. The molecule has 1 aromatic carbocycles. The van der Waals surface area contributed by atoms with Crippen LogP contribution in [0, 0.1) is 0 Å². The Labute approximate surface area is 103 Å². The molecule has 0 heterocycles. The second-order valence-corrected chi connectivity index (χ2v) is 5.21. The van der Waals surface area contributed by atoms with Crippen LogP contribution in [0.25, 0.3) is 0 Å². The monoisotopic (exact) mass is 241 g/mol. The summed E-state index contributed by atoms with van der Waals surface area (Å²) in [6.45, 7) is 5.17. The summed E-state index contributed by atoms with van der Waals surface area (Å²) in [5.41, 5.74) is 1.11. The minimum atomic E-state index is -0.160. The Bertz CT molecular complexity index is 321. The molecule has 0 aromatic heterocycles. The SMILES string of the molecule is CN(CCc1ccc(Cl)cc1)C(C)(C)CO. The Morgan fingerprint density at radius 3 is 2.31 bits per heavy atom. The first-order chi connectivity index (χ1) is 7.45. The zero-order valence-electron chi connectivity index (χ0n) is 10.2. The molecule has 0 aliphatic heterocycles. The van der Waals surface area contributed by atoms with Crippen molar-refractivity contribution in [2.24, 2.45) is 0 Å². The second-order valence-electron chi connectivity index (χ2n) is 4.77. The Balaban J connectivity index is 2.49. The average Bonchev–Trinajstić information content (AvgIpc) is 2.28. The van der Waals surface area contributed by atoms with Crippen molar-refractivity contribution >= 4 is 11.6 Å². The molecule has 0 radical (unpaired) electrons. The summed E-state index contributed by atoms with van der Waals surface area (Å²) in [6, 6.07) is 7.91. The summed E-state index contributed by atoms with van der Waals surface area (Å²) in [5.74, 6) is 0. The van der Waals surface area contributed by atoms with Crippen LogP contribution in [-0.4, -0.2) is 35.7 Å². The molecular formula is C13H20ClNO. The van der Waals surface area contributed by atoms with Gasteiger partial charge in [-0.15, -0.1) is 0 Å². The quantitative estimate of drug-likeness (QED) is 0.857. The lowest BCUT2D eigenvalue weighted by molar-refractivity contribution is 0.0801. The van der Waals surface area contributed by atoms with Crippen molar-refractivity contribution in [2.45, 2.75) is 25.8 Å². The molecule has 90 valence electrons. The minimum Gasteiger partial charge on any atom is -0.394 e. The van der Waals surface area contributed by atoms with Crippen molar-refractivity contribution < 1.29 is 5.11 Å². The molecule has 0 saturated heterocycles. The molecule has 0 fully saturated rings. The van der Waals surface area contributed by atoms with Gasteiger partial charge in [0.25, 0.3) is 0 Å². The fourth-order valence-corrected chi connectivity index (χ4v) is 1.50. The van der Waals surface area contributed by atoms with Gasteiger partial charge in [-0.3, -0.25) is 4.90 Å². The van der Waals surface area contributed by atoms with Crippen LogP contribution in [0.15, 0.2) is 24.3 Å². The van der Waals surface area contributed by atoms with Crippen molar-refractivity contribution in [3.8, 4) is 0 Å². The van der Waals surface area contributed by atoms with Gasteiger partial charge < -0.3 is 5.11 Å². The summed E-state index contributed by atoms with van der Waals surface area (Å²) in [4.78, 5) is 2.17. The Morgan fingerprint density at radius 2 is 1.81 bits per heavy atom. The number of benzene rings is 1. The molecule has 0 spiro atoms. The third kappa shape index (κ3) is 3.78. The highest BCUT2D eigenvalue weighted by molar-refractivity contribution is 6.30. The van der Waals surface area contributed by atoms with Crippen LogP contribution < -0.4 is 0 Å². The maximum atomic E-state index is 9.24. The Morgan fingerprint density at radius 1 is 1.25 bits per heavy atom. The van der Waals surface area contributed by atoms with Crippen molar-refractivity contribution in [1.29, 1.82) is 0 Å². The maximum Gasteiger partial charge on any atom is 0.0609 e. The highest BCUT2D eigenvalue weighted by Gasteiger charge is 2.21. The van der Waals surface area contributed by atoms with Crippen LogP contribution >= 0.6 is 11.6 Å². The van der Waals surface area contributed by atoms with Crippen molar-refractivity contribution in [3.05, 3.63) is 34.9 Å². The number of rotatable bonds is 5.